The Balaban J connectivity index is 1.48. The van der Waals surface area contributed by atoms with Gasteiger partial charge in [-0.3, -0.25) is 4.79 Å². The van der Waals surface area contributed by atoms with Crippen molar-refractivity contribution < 1.29 is 18.7 Å². The molecule has 0 atom stereocenters. The van der Waals surface area contributed by atoms with Gasteiger partial charge in [0, 0.05) is 22.5 Å². The third-order valence-electron chi connectivity index (χ3n) is 4.01. The Hall–Kier alpha value is -2.79. The summed E-state index contributed by atoms with van der Waals surface area (Å²) in [5.41, 5.74) is 2.38. The molecule has 0 saturated heterocycles. The number of hydrogen-bond donors (Lipinski definition) is 1. The number of furan rings is 1. The zero-order valence-corrected chi connectivity index (χ0v) is 15.0. The fraction of sp³-hybridized carbons (Fsp3) is 0.200. The van der Waals surface area contributed by atoms with E-state index in [0.29, 0.717) is 29.1 Å². The van der Waals surface area contributed by atoms with Crippen molar-refractivity contribution in [3.05, 3.63) is 70.4 Å². The molecule has 0 spiro atoms. The maximum atomic E-state index is 12.2. The molecule has 1 heterocycles. The van der Waals surface area contributed by atoms with E-state index in [1.54, 1.807) is 25.1 Å². The molecule has 0 aliphatic heterocycles. The molecule has 0 unspecified atom stereocenters. The summed E-state index contributed by atoms with van der Waals surface area (Å²) in [6, 6.07) is 14.8. The van der Waals surface area contributed by atoms with Crippen molar-refractivity contribution in [2.75, 3.05) is 13.2 Å². The van der Waals surface area contributed by atoms with Crippen molar-refractivity contribution in [2.24, 2.45) is 0 Å². The van der Waals surface area contributed by atoms with Crippen molar-refractivity contribution in [1.82, 2.24) is 5.32 Å². The van der Waals surface area contributed by atoms with Gasteiger partial charge < -0.3 is 14.5 Å². The van der Waals surface area contributed by atoms with E-state index >= 15 is 0 Å². The van der Waals surface area contributed by atoms with Crippen LogP contribution in [-0.4, -0.2) is 25.0 Å². The smallest absolute Gasteiger partial charge is 0.375 e. The molecule has 1 N–H and O–H groups in total. The van der Waals surface area contributed by atoms with Gasteiger partial charge in [-0.2, -0.15) is 0 Å². The summed E-state index contributed by atoms with van der Waals surface area (Å²) in [5.74, 6) is -0.882. The number of benzene rings is 2. The van der Waals surface area contributed by atoms with Crippen LogP contribution in [0.5, 0.6) is 0 Å². The number of fused-ring (bicyclic) bond motifs is 1. The fourth-order valence-electron chi connectivity index (χ4n) is 2.61. The van der Waals surface area contributed by atoms with Crippen molar-refractivity contribution >= 4 is 34.4 Å². The molecule has 134 valence electrons. The molecule has 0 fully saturated rings. The monoisotopic (exact) mass is 371 g/mol. The topological polar surface area (TPSA) is 68.5 Å². The SMILES string of the molecule is Cc1c(C(=O)OCC(=O)NCCc2ccc(Cl)cc2)oc2ccccc12. The van der Waals surface area contributed by atoms with E-state index in [0.717, 1.165) is 10.9 Å². The van der Waals surface area contributed by atoms with Crippen LogP contribution in [-0.2, 0) is 16.0 Å². The highest BCUT2D eigenvalue weighted by molar-refractivity contribution is 6.30. The predicted molar refractivity (Wildman–Crippen MR) is 99.4 cm³/mol. The largest absolute Gasteiger partial charge is 0.450 e. The van der Waals surface area contributed by atoms with Crippen LogP contribution in [0.25, 0.3) is 11.0 Å². The van der Waals surface area contributed by atoms with Crippen molar-refractivity contribution in [1.29, 1.82) is 0 Å². The zero-order valence-electron chi connectivity index (χ0n) is 14.3. The molecule has 0 radical (unpaired) electrons. The highest BCUT2D eigenvalue weighted by Crippen LogP contribution is 2.25. The lowest BCUT2D eigenvalue weighted by Crippen LogP contribution is -2.30. The first-order valence-corrected chi connectivity index (χ1v) is 8.59. The van der Waals surface area contributed by atoms with Gasteiger partial charge in [0.1, 0.15) is 5.58 Å². The van der Waals surface area contributed by atoms with Gasteiger partial charge in [-0.15, -0.1) is 0 Å². The summed E-state index contributed by atoms with van der Waals surface area (Å²) in [6.45, 7) is 1.88. The summed E-state index contributed by atoms with van der Waals surface area (Å²) in [5, 5.41) is 4.24. The third kappa shape index (κ3) is 4.24. The van der Waals surface area contributed by atoms with Crippen LogP contribution in [0.4, 0.5) is 0 Å². The van der Waals surface area contributed by atoms with Gasteiger partial charge in [0.05, 0.1) is 0 Å². The molecule has 0 saturated carbocycles. The number of carbonyl (C=O) groups is 2. The van der Waals surface area contributed by atoms with Crippen LogP contribution in [0.15, 0.2) is 52.9 Å². The van der Waals surface area contributed by atoms with Crippen LogP contribution >= 0.6 is 11.6 Å². The van der Waals surface area contributed by atoms with Gasteiger partial charge in [0.25, 0.3) is 5.91 Å². The van der Waals surface area contributed by atoms with Crippen molar-refractivity contribution in [2.45, 2.75) is 13.3 Å². The first-order valence-electron chi connectivity index (χ1n) is 8.21. The number of esters is 1. The highest BCUT2D eigenvalue weighted by Gasteiger charge is 2.19. The minimum atomic E-state index is -0.647. The maximum Gasteiger partial charge on any atom is 0.375 e. The molecular formula is C20H18ClNO4. The number of hydrogen-bond acceptors (Lipinski definition) is 4. The van der Waals surface area contributed by atoms with Crippen molar-refractivity contribution in [3.8, 4) is 0 Å². The number of para-hydroxylation sites is 1. The number of amides is 1. The summed E-state index contributed by atoms with van der Waals surface area (Å²) in [4.78, 5) is 24.0. The third-order valence-corrected chi connectivity index (χ3v) is 4.26. The van der Waals surface area contributed by atoms with E-state index in [-0.39, 0.29) is 18.3 Å². The van der Waals surface area contributed by atoms with Crippen LogP contribution < -0.4 is 5.32 Å². The second-order valence-corrected chi connectivity index (χ2v) is 6.29. The van der Waals surface area contributed by atoms with Crippen LogP contribution in [0.3, 0.4) is 0 Å². The summed E-state index contributed by atoms with van der Waals surface area (Å²) < 4.78 is 10.6. The minimum absolute atomic E-state index is 0.125. The summed E-state index contributed by atoms with van der Waals surface area (Å²) >= 11 is 5.83. The summed E-state index contributed by atoms with van der Waals surface area (Å²) in [7, 11) is 0. The Bertz CT molecular complexity index is 931. The average molecular weight is 372 g/mol. The second kappa shape index (κ2) is 8.06. The van der Waals surface area contributed by atoms with Crippen LogP contribution in [0, 0.1) is 6.92 Å². The van der Waals surface area contributed by atoms with E-state index in [9.17, 15) is 9.59 Å². The number of nitrogens with one attached hydrogen (secondary N) is 1. The van der Waals surface area contributed by atoms with E-state index in [1.165, 1.54) is 0 Å². The number of rotatable bonds is 6. The first kappa shape index (κ1) is 18.0. The van der Waals surface area contributed by atoms with Gasteiger partial charge in [0.15, 0.2) is 6.61 Å². The lowest BCUT2D eigenvalue weighted by atomic mass is 10.1. The Morgan fingerprint density at radius 2 is 1.85 bits per heavy atom. The van der Waals surface area contributed by atoms with Crippen molar-refractivity contribution in [3.63, 3.8) is 0 Å². The Morgan fingerprint density at radius 1 is 1.12 bits per heavy atom. The molecule has 26 heavy (non-hydrogen) atoms. The molecule has 0 aliphatic carbocycles. The molecule has 3 rings (SSSR count). The molecular weight excluding hydrogens is 354 g/mol. The second-order valence-electron chi connectivity index (χ2n) is 5.85. The van der Waals surface area contributed by atoms with Gasteiger partial charge >= 0.3 is 5.97 Å². The van der Waals surface area contributed by atoms with Crippen LogP contribution in [0.1, 0.15) is 21.7 Å². The molecule has 5 nitrogen and oxygen atoms in total. The molecule has 3 aromatic rings. The first-order chi connectivity index (χ1) is 12.5. The van der Waals surface area contributed by atoms with Gasteiger partial charge in [-0.25, -0.2) is 4.79 Å². The van der Waals surface area contributed by atoms with E-state index in [1.807, 2.05) is 30.3 Å². The molecule has 2 aromatic carbocycles. The Labute approximate surface area is 155 Å². The normalized spacial score (nSPS) is 10.7. The fourth-order valence-corrected chi connectivity index (χ4v) is 2.74. The standard InChI is InChI=1S/C20H18ClNO4/c1-13-16-4-2-3-5-17(16)26-19(13)20(24)25-12-18(23)22-11-10-14-6-8-15(21)9-7-14/h2-9H,10-12H2,1H3,(H,22,23). The average Bonchev–Trinajstić information content (AvgIpc) is 2.98. The summed E-state index contributed by atoms with van der Waals surface area (Å²) in [6.07, 6.45) is 0.666. The molecule has 1 aromatic heterocycles. The van der Waals surface area contributed by atoms with Crippen LogP contribution in [0.2, 0.25) is 5.02 Å². The predicted octanol–water partition coefficient (Wildman–Crippen LogP) is 3.91. The molecule has 0 aliphatic rings. The number of ether oxygens (including phenoxy) is 1. The number of carbonyl (C=O) groups excluding carboxylic acids is 2. The Kier molecular flexibility index (Phi) is 5.58. The van der Waals surface area contributed by atoms with E-state index in [2.05, 4.69) is 5.32 Å². The number of halogens is 1. The minimum Gasteiger partial charge on any atom is -0.450 e. The van der Waals surface area contributed by atoms with Gasteiger partial charge in [-0.05, 0) is 37.1 Å². The Morgan fingerprint density at radius 3 is 2.58 bits per heavy atom. The number of aryl methyl sites for hydroxylation is 1. The molecule has 0 bridgehead atoms. The molecule has 6 heteroatoms. The van der Waals surface area contributed by atoms with E-state index < -0.39 is 5.97 Å². The van der Waals surface area contributed by atoms with Gasteiger partial charge in [0.2, 0.25) is 5.76 Å². The van der Waals surface area contributed by atoms with E-state index in [4.69, 9.17) is 20.8 Å². The zero-order chi connectivity index (χ0) is 18.5. The lowest BCUT2D eigenvalue weighted by Gasteiger charge is -2.06. The van der Waals surface area contributed by atoms with Gasteiger partial charge in [-0.1, -0.05) is 41.9 Å². The quantitative estimate of drug-likeness (QED) is 0.667. The lowest BCUT2D eigenvalue weighted by molar-refractivity contribution is -0.124. The molecule has 1 amide bonds. The highest BCUT2D eigenvalue weighted by atomic mass is 35.5. The maximum absolute atomic E-state index is 12.2.